The average Bonchev–Trinajstić information content (AvgIpc) is 2.48. The lowest BCUT2D eigenvalue weighted by molar-refractivity contribution is 0.0988. The molecule has 1 amide bonds. The summed E-state index contributed by atoms with van der Waals surface area (Å²) in [5.41, 5.74) is 1.06. The van der Waals surface area contributed by atoms with Crippen LogP contribution < -0.4 is 9.64 Å². The number of para-hydroxylation sites is 1. The van der Waals surface area contributed by atoms with Crippen molar-refractivity contribution in [2.24, 2.45) is 0 Å². The number of hydrogen-bond donors (Lipinski definition) is 0. The van der Waals surface area contributed by atoms with Crippen molar-refractivity contribution in [1.82, 2.24) is 10.2 Å². The molecular formula is C14H14ClN3O2. The molecule has 20 heavy (non-hydrogen) atoms. The van der Waals surface area contributed by atoms with Crippen molar-refractivity contribution in [1.29, 1.82) is 0 Å². The highest BCUT2D eigenvalue weighted by Crippen LogP contribution is 2.22. The Hall–Kier alpha value is -2.14. The molecule has 2 rings (SSSR count). The SMILES string of the molecule is CCOc1nnc(Cl)cc1C(=O)N(C)c1ccccc1. The van der Waals surface area contributed by atoms with E-state index in [1.165, 1.54) is 11.0 Å². The van der Waals surface area contributed by atoms with Crippen molar-refractivity contribution in [3.63, 3.8) is 0 Å². The van der Waals surface area contributed by atoms with Crippen molar-refractivity contribution < 1.29 is 9.53 Å². The van der Waals surface area contributed by atoms with Gasteiger partial charge in [0.25, 0.3) is 5.91 Å². The molecule has 1 aromatic carbocycles. The predicted molar refractivity (Wildman–Crippen MR) is 77.4 cm³/mol. The average molecular weight is 292 g/mol. The summed E-state index contributed by atoms with van der Waals surface area (Å²) in [6.07, 6.45) is 0. The van der Waals surface area contributed by atoms with Gasteiger partial charge in [0.15, 0.2) is 5.15 Å². The molecule has 1 heterocycles. The largest absolute Gasteiger partial charge is 0.476 e. The number of benzene rings is 1. The first kappa shape index (κ1) is 14.3. The number of ether oxygens (including phenoxy) is 1. The second-order valence-electron chi connectivity index (χ2n) is 4.02. The first-order chi connectivity index (χ1) is 9.63. The van der Waals surface area contributed by atoms with Crippen molar-refractivity contribution in [2.75, 3.05) is 18.6 Å². The monoisotopic (exact) mass is 291 g/mol. The molecule has 0 bridgehead atoms. The summed E-state index contributed by atoms with van der Waals surface area (Å²) in [7, 11) is 1.68. The first-order valence-corrected chi connectivity index (χ1v) is 6.50. The smallest absolute Gasteiger partial charge is 0.263 e. The molecule has 0 saturated carbocycles. The van der Waals surface area contributed by atoms with Crippen LogP contribution in [0.4, 0.5) is 5.69 Å². The molecule has 6 heteroatoms. The summed E-state index contributed by atoms with van der Waals surface area (Å²) in [4.78, 5) is 14.0. The zero-order valence-corrected chi connectivity index (χ0v) is 12.0. The standard InChI is InChI=1S/C14H14ClN3O2/c1-3-20-13-11(9-12(15)16-17-13)14(19)18(2)10-7-5-4-6-8-10/h4-9H,3H2,1-2H3. The molecule has 5 nitrogen and oxygen atoms in total. The lowest BCUT2D eigenvalue weighted by atomic mass is 10.2. The number of rotatable bonds is 4. The minimum absolute atomic E-state index is 0.151. The van der Waals surface area contributed by atoms with Gasteiger partial charge in [-0.3, -0.25) is 4.79 Å². The highest BCUT2D eigenvalue weighted by molar-refractivity contribution is 6.29. The van der Waals surface area contributed by atoms with Gasteiger partial charge in [-0.15, -0.1) is 10.2 Å². The number of carbonyl (C=O) groups excluding carboxylic acids is 1. The predicted octanol–water partition coefficient (Wildman–Crippen LogP) is 2.81. The Bertz CT molecular complexity index is 605. The third-order valence-corrected chi connectivity index (χ3v) is 2.87. The second-order valence-corrected chi connectivity index (χ2v) is 4.41. The molecular weight excluding hydrogens is 278 g/mol. The van der Waals surface area contributed by atoms with Crippen molar-refractivity contribution in [3.8, 4) is 5.88 Å². The Kier molecular flexibility index (Phi) is 4.53. The van der Waals surface area contributed by atoms with Crippen LogP contribution in [0, 0.1) is 0 Å². The molecule has 0 spiro atoms. The van der Waals surface area contributed by atoms with Crippen LogP contribution in [0.2, 0.25) is 5.15 Å². The Morgan fingerprint density at radius 3 is 2.65 bits per heavy atom. The second kappa shape index (κ2) is 6.34. The quantitative estimate of drug-likeness (QED) is 0.869. The lowest BCUT2D eigenvalue weighted by Crippen LogP contribution is -2.27. The van der Waals surface area contributed by atoms with E-state index in [9.17, 15) is 4.79 Å². The van der Waals surface area contributed by atoms with E-state index in [1.54, 1.807) is 7.05 Å². The van der Waals surface area contributed by atoms with Crippen LogP contribution in [0.15, 0.2) is 36.4 Å². The van der Waals surface area contributed by atoms with Crippen LogP contribution in [0.5, 0.6) is 5.88 Å². The van der Waals surface area contributed by atoms with E-state index in [1.807, 2.05) is 37.3 Å². The zero-order chi connectivity index (χ0) is 14.5. The van der Waals surface area contributed by atoms with Crippen molar-refractivity contribution >= 4 is 23.2 Å². The minimum Gasteiger partial charge on any atom is -0.476 e. The molecule has 0 fully saturated rings. The topological polar surface area (TPSA) is 55.3 Å². The molecule has 0 N–H and O–H groups in total. The maximum Gasteiger partial charge on any atom is 0.263 e. The number of halogens is 1. The Morgan fingerprint density at radius 1 is 1.30 bits per heavy atom. The molecule has 0 aliphatic heterocycles. The zero-order valence-electron chi connectivity index (χ0n) is 11.2. The van der Waals surface area contributed by atoms with E-state index < -0.39 is 0 Å². The highest BCUT2D eigenvalue weighted by atomic mass is 35.5. The fourth-order valence-electron chi connectivity index (χ4n) is 1.70. The Morgan fingerprint density at radius 2 is 2.00 bits per heavy atom. The van der Waals surface area contributed by atoms with Gasteiger partial charge in [-0.1, -0.05) is 29.8 Å². The van der Waals surface area contributed by atoms with Crippen LogP contribution in [0.1, 0.15) is 17.3 Å². The summed E-state index contributed by atoms with van der Waals surface area (Å²) < 4.78 is 5.32. The van der Waals surface area contributed by atoms with E-state index in [-0.39, 0.29) is 16.9 Å². The van der Waals surface area contributed by atoms with E-state index in [4.69, 9.17) is 16.3 Å². The fraction of sp³-hybridized carbons (Fsp3) is 0.214. The Balaban J connectivity index is 2.35. The van der Waals surface area contributed by atoms with Crippen molar-refractivity contribution in [3.05, 3.63) is 47.1 Å². The third-order valence-electron chi connectivity index (χ3n) is 2.69. The summed E-state index contributed by atoms with van der Waals surface area (Å²) in [6.45, 7) is 2.21. The molecule has 0 unspecified atom stereocenters. The van der Waals surface area contributed by atoms with E-state index in [0.29, 0.717) is 12.2 Å². The van der Waals surface area contributed by atoms with Gasteiger partial charge in [-0.05, 0) is 25.1 Å². The maximum absolute atomic E-state index is 12.5. The van der Waals surface area contributed by atoms with Crippen molar-refractivity contribution in [2.45, 2.75) is 6.92 Å². The van der Waals surface area contributed by atoms with E-state index in [0.717, 1.165) is 5.69 Å². The molecule has 0 saturated heterocycles. The van der Waals surface area contributed by atoms with E-state index >= 15 is 0 Å². The molecule has 2 aromatic rings. The summed E-state index contributed by atoms with van der Waals surface area (Å²) >= 11 is 5.81. The third kappa shape index (κ3) is 3.05. The van der Waals surface area contributed by atoms with Crippen LogP contribution in [-0.4, -0.2) is 29.8 Å². The first-order valence-electron chi connectivity index (χ1n) is 6.12. The molecule has 0 aliphatic rings. The molecule has 0 aliphatic carbocycles. The van der Waals surface area contributed by atoms with Gasteiger partial charge in [-0.25, -0.2) is 0 Å². The van der Waals surface area contributed by atoms with Gasteiger partial charge in [-0.2, -0.15) is 0 Å². The molecule has 0 atom stereocenters. The van der Waals surface area contributed by atoms with Gasteiger partial charge in [0.2, 0.25) is 5.88 Å². The van der Waals surface area contributed by atoms with Crippen LogP contribution >= 0.6 is 11.6 Å². The Labute approximate surface area is 122 Å². The highest BCUT2D eigenvalue weighted by Gasteiger charge is 2.20. The van der Waals surface area contributed by atoms with Gasteiger partial charge in [0, 0.05) is 12.7 Å². The van der Waals surface area contributed by atoms with Gasteiger partial charge in [0.1, 0.15) is 5.56 Å². The summed E-state index contributed by atoms with van der Waals surface area (Å²) in [5, 5.41) is 7.66. The van der Waals surface area contributed by atoms with Crippen LogP contribution in [-0.2, 0) is 0 Å². The molecule has 0 radical (unpaired) electrons. The lowest BCUT2D eigenvalue weighted by Gasteiger charge is -2.18. The molecule has 1 aromatic heterocycles. The van der Waals surface area contributed by atoms with Crippen LogP contribution in [0.3, 0.4) is 0 Å². The number of nitrogens with zero attached hydrogens (tertiary/aromatic N) is 3. The normalized spacial score (nSPS) is 10.2. The molecule has 104 valence electrons. The van der Waals surface area contributed by atoms with E-state index in [2.05, 4.69) is 10.2 Å². The summed E-state index contributed by atoms with van der Waals surface area (Å²) in [6, 6.07) is 10.8. The fourth-order valence-corrected chi connectivity index (χ4v) is 1.85. The van der Waals surface area contributed by atoms with Gasteiger partial charge in [0.05, 0.1) is 6.61 Å². The maximum atomic E-state index is 12.5. The number of anilines is 1. The summed E-state index contributed by atoms with van der Waals surface area (Å²) in [5.74, 6) is -0.0684. The number of aromatic nitrogens is 2. The van der Waals surface area contributed by atoms with Gasteiger partial charge < -0.3 is 9.64 Å². The van der Waals surface area contributed by atoms with Gasteiger partial charge >= 0.3 is 0 Å². The minimum atomic E-state index is -0.253. The van der Waals surface area contributed by atoms with Crippen LogP contribution in [0.25, 0.3) is 0 Å². The number of hydrogen-bond acceptors (Lipinski definition) is 4. The number of carbonyl (C=O) groups is 1. The number of amides is 1.